The Morgan fingerprint density at radius 2 is 1.89 bits per heavy atom. The fraction of sp³-hybridized carbons (Fsp3) is 0.500. The lowest BCUT2D eigenvalue weighted by Crippen LogP contribution is -2.54. The molecule has 0 aliphatic carbocycles. The Hall–Kier alpha value is -1.39. The first-order valence-corrected chi connectivity index (χ1v) is 6.34. The van der Waals surface area contributed by atoms with Crippen LogP contribution in [0.4, 0.5) is 0 Å². The number of carboxylic acid groups (broad SMARTS) is 1. The van der Waals surface area contributed by atoms with E-state index in [2.05, 4.69) is 0 Å². The van der Waals surface area contributed by atoms with Crippen LogP contribution in [-0.4, -0.2) is 35.1 Å². The van der Waals surface area contributed by atoms with Crippen molar-refractivity contribution >= 4 is 5.97 Å². The molecule has 0 bridgehead atoms. The van der Waals surface area contributed by atoms with E-state index >= 15 is 0 Å². The van der Waals surface area contributed by atoms with Crippen LogP contribution in [0.25, 0.3) is 0 Å². The average molecular weight is 248 g/mol. The van der Waals surface area contributed by atoms with Gasteiger partial charge in [0, 0.05) is 19.1 Å². The molecule has 1 atom stereocenters. The van der Waals surface area contributed by atoms with Gasteiger partial charge in [-0.1, -0.05) is 30.3 Å². The molecule has 0 amide bonds. The summed E-state index contributed by atoms with van der Waals surface area (Å²) in [6.45, 7) is 3.25. The molecule has 1 unspecified atom stereocenters. The van der Waals surface area contributed by atoms with Crippen LogP contribution in [-0.2, 0) is 10.3 Å². The van der Waals surface area contributed by atoms with Gasteiger partial charge in [-0.25, -0.2) is 4.79 Å². The van der Waals surface area contributed by atoms with E-state index < -0.39 is 11.5 Å². The van der Waals surface area contributed by atoms with E-state index in [1.54, 1.807) is 6.92 Å². The highest BCUT2D eigenvalue weighted by Gasteiger charge is 2.42. The van der Waals surface area contributed by atoms with E-state index in [1.165, 1.54) is 0 Å². The highest BCUT2D eigenvalue weighted by atomic mass is 16.4. The van der Waals surface area contributed by atoms with Crippen LogP contribution in [0, 0.1) is 0 Å². The summed E-state index contributed by atoms with van der Waals surface area (Å²) < 4.78 is 0. The second kappa shape index (κ2) is 5.08. The van der Waals surface area contributed by atoms with Crippen molar-refractivity contribution in [1.82, 2.24) is 4.90 Å². The Labute approximate surface area is 107 Å². The van der Waals surface area contributed by atoms with Gasteiger partial charge in [0.15, 0.2) is 0 Å². The van der Waals surface area contributed by atoms with Gasteiger partial charge in [0.05, 0.1) is 0 Å². The molecule has 1 aliphatic heterocycles. The molecule has 1 fully saturated rings. The van der Waals surface area contributed by atoms with Gasteiger partial charge in [-0.15, -0.1) is 0 Å². The second-order valence-corrected chi connectivity index (χ2v) is 5.07. The van der Waals surface area contributed by atoms with E-state index in [4.69, 9.17) is 5.73 Å². The minimum atomic E-state index is -0.957. The first-order valence-electron chi connectivity index (χ1n) is 6.34. The molecular weight excluding hydrogens is 228 g/mol. The summed E-state index contributed by atoms with van der Waals surface area (Å²) in [5, 5.41) is 9.63. The summed E-state index contributed by atoms with van der Waals surface area (Å²) >= 11 is 0. The van der Waals surface area contributed by atoms with Crippen molar-refractivity contribution in [3.63, 3.8) is 0 Å². The topological polar surface area (TPSA) is 66.6 Å². The van der Waals surface area contributed by atoms with Gasteiger partial charge in [0.1, 0.15) is 5.54 Å². The van der Waals surface area contributed by atoms with Crippen molar-refractivity contribution in [2.75, 3.05) is 13.1 Å². The summed E-state index contributed by atoms with van der Waals surface area (Å²) in [4.78, 5) is 13.8. The summed E-state index contributed by atoms with van der Waals surface area (Å²) in [6, 6.07) is 9.62. The Bertz CT molecular complexity index is 413. The number of nitrogens with zero attached hydrogens (tertiary/aromatic N) is 1. The number of carboxylic acids is 1. The van der Waals surface area contributed by atoms with E-state index in [0.717, 1.165) is 31.5 Å². The van der Waals surface area contributed by atoms with Gasteiger partial charge < -0.3 is 10.8 Å². The lowest BCUT2D eigenvalue weighted by atomic mass is 9.87. The van der Waals surface area contributed by atoms with Crippen LogP contribution < -0.4 is 5.73 Å². The molecule has 0 spiro atoms. The number of carbonyl (C=O) groups is 1. The molecule has 4 heteroatoms. The van der Waals surface area contributed by atoms with Crippen molar-refractivity contribution in [3.05, 3.63) is 35.9 Å². The molecule has 1 aromatic carbocycles. The zero-order valence-electron chi connectivity index (χ0n) is 10.7. The Morgan fingerprint density at radius 3 is 2.39 bits per heavy atom. The molecule has 98 valence electrons. The van der Waals surface area contributed by atoms with Crippen molar-refractivity contribution in [2.24, 2.45) is 5.73 Å². The number of aliphatic carboxylic acids is 1. The number of nitrogens with two attached hydrogens (primary N) is 1. The zero-order valence-corrected chi connectivity index (χ0v) is 10.7. The molecule has 18 heavy (non-hydrogen) atoms. The number of rotatable bonds is 3. The molecule has 0 saturated carbocycles. The lowest BCUT2D eigenvalue weighted by Gasteiger charge is -2.41. The maximum atomic E-state index is 11.7. The first-order chi connectivity index (χ1) is 8.55. The average Bonchev–Trinajstić information content (AvgIpc) is 2.39. The molecule has 3 N–H and O–H groups in total. The van der Waals surface area contributed by atoms with Crippen LogP contribution in [0.1, 0.15) is 25.3 Å². The molecule has 2 rings (SSSR count). The molecule has 0 radical (unpaired) electrons. The quantitative estimate of drug-likeness (QED) is 0.848. The maximum Gasteiger partial charge on any atom is 0.328 e. The number of likely N-dealkylation sites (tertiary alicyclic amines) is 1. The minimum Gasteiger partial charge on any atom is -0.480 e. The maximum absolute atomic E-state index is 11.7. The Morgan fingerprint density at radius 1 is 1.33 bits per heavy atom. The molecule has 1 aromatic rings. The van der Waals surface area contributed by atoms with Crippen molar-refractivity contribution in [2.45, 2.75) is 31.3 Å². The standard InChI is InChI=1S/C14H20N2O2/c1-14(13(17)18,11-5-3-2-4-6-11)16-9-7-12(15)8-10-16/h2-6,12H,7-10,15H2,1H3,(H,17,18). The van der Waals surface area contributed by atoms with Crippen molar-refractivity contribution in [3.8, 4) is 0 Å². The van der Waals surface area contributed by atoms with Gasteiger partial charge in [-0.05, 0) is 25.3 Å². The number of hydrogen-bond acceptors (Lipinski definition) is 3. The van der Waals surface area contributed by atoms with E-state index in [0.29, 0.717) is 0 Å². The normalized spacial score (nSPS) is 21.4. The predicted octanol–water partition coefficient (Wildman–Crippen LogP) is 1.41. The van der Waals surface area contributed by atoms with Crippen LogP contribution in [0.15, 0.2) is 30.3 Å². The SMILES string of the molecule is CC(C(=O)O)(c1ccccc1)N1CCC(N)CC1. The van der Waals surface area contributed by atoms with Gasteiger partial charge in [0.25, 0.3) is 0 Å². The Balaban J connectivity index is 2.30. The second-order valence-electron chi connectivity index (χ2n) is 5.07. The minimum absolute atomic E-state index is 0.204. The van der Waals surface area contributed by atoms with Gasteiger partial charge in [-0.3, -0.25) is 4.90 Å². The highest BCUT2D eigenvalue weighted by molar-refractivity contribution is 5.80. The highest BCUT2D eigenvalue weighted by Crippen LogP contribution is 2.31. The smallest absolute Gasteiger partial charge is 0.328 e. The third kappa shape index (κ3) is 2.26. The van der Waals surface area contributed by atoms with Crippen molar-refractivity contribution < 1.29 is 9.90 Å². The summed E-state index contributed by atoms with van der Waals surface area (Å²) in [7, 11) is 0. The summed E-state index contributed by atoms with van der Waals surface area (Å²) in [5.74, 6) is -0.802. The molecule has 1 heterocycles. The molecule has 1 saturated heterocycles. The Kier molecular flexibility index (Phi) is 3.68. The van der Waals surface area contributed by atoms with Crippen molar-refractivity contribution in [1.29, 1.82) is 0 Å². The van der Waals surface area contributed by atoms with Gasteiger partial charge in [-0.2, -0.15) is 0 Å². The van der Waals surface area contributed by atoms with Gasteiger partial charge >= 0.3 is 5.97 Å². The van der Waals surface area contributed by atoms with E-state index in [9.17, 15) is 9.90 Å². The molecule has 0 aromatic heterocycles. The van der Waals surface area contributed by atoms with Crippen LogP contribution in [0.5, 0.6) is 0 Å². The zero-order chi connectivity index (χ0) is 13.2. The first kappa shape index (κ1) is 13.1. The van der Waals surface area contributed by atoms with Crippen LogP contribution in [0.2, 0.25) is 0 Å². The predicted molar refractivity (Wildman–Crippen MR) is 70.2 cm³/mol. The molecule has 4 nitrogen and oxygen atoms in total. The third-order valence-corrected chi connectivity index (χ3v) is 3.92. The summed E-state index contributed by atoms with van der Waals surface area (Å²) in [6.07, 6.45) is 1.71. The van der Waals surface area contributed by atoms with E-state index in [1.807, 2.05) is 35.2 Å². The fourth-order valence-electron chi connectivity index (χ4n) is 2.55. The number of piperidine rings is 1. The molecular formula is C14H20N2O2. The third-order valence-electron chi connectivity index (χ3n) is 3.92. The van der Waals surface area contributed by atoms with Crippen LogP contribution >= 0.6 is 0 Å². The largest absolute Gasteiger partial charge is 0.480 e. The molecule has 1 aliphatic rings. The fourth-order valence-corrected chi connectivity index (χ4v) is 2.55. The monoisotopic (exact) mass is 248 g/mol. The lowest BCUT2D eigenvalue weighted by molar-refractivity contribution is -0.152. The van der Waals surface area contributed by atoms with Crippen LogP contribution in [0.3, 0.4) is 0 Å². The van der Waals surface area contributed by atoms with Gasteiger partial charge in [0.2, 0.25) is 0 Å². The number of hydrogen-bond donors (Lipinski definition) is 2. The summed E-state index contributed by atoms with van der Waals surface area (Å²) in [5.41, 5.74) is 5.75. The van der Waals surface area contributed by atoms with E-state index in [-0.39, 0.29) is 6.04 Å². The number of benzene rings is 1.